The van der Waals surface area contributed by atoms with Crippen molar-refractivity contribution in [3.8, 4) is 0 Å². The van der Waals surface area contributed by atoms with Crippen LogP contribution in [0, 0.1) is 23.7 Å². The maximum Gasteiger partial charge on any atom is 0.408 e. The maximum absolute atomic E-state index is 13.1. The number of ether oxygens (including phenoxy) is 9. The number of rotatable bonds is 13. The zero-order chi connectivity index (χ0) is 49.2. The number of alkyl carbamates (subject to hydrolysis) is 2. The first-order valence-corrected chi connectivity index (χ1v) is 21.6. The lowest BCUT2D eigenvalue weighted by Gasteiger charge is -2.29. The molecule has 1 aromatic carbocycles. The summed E-state index contributed by atoms with van der Waals surface area (Å²) in [5.74, 6) is -7.24. The first kappa shape index (κ1) is 55.6. The maximum atomic E-state index is 13.1. The lowest BCUT2D eigenvalue weighted by atomic mass is 9.94. The Hall–Kier alpha value is -5.50. The van der Waals surface area contributed by atoms with Gasteiger partial charge in [-0.25, -0.2) is 19.2 Å². The second-order valence-corrected chi connectivity index (χ2v) is 18.1. The molecule has 2 amide bonds. The fourth-order valence-electron chi connectivity index (χ4n) is 5.94. The molecule has 2 saturated heterocycles. The van der Waals surface area contributed by atoms with Crippen LogP contribution in [0.3, 0.4) is 0 Å². The van der Waals surface area contributed by atoms with Crippen LogP contribution in [0.5, 0.6) is 0 Å². The zero-order valence-corrected chi connectivity index (χ0v) is 39.5. The fourth-order valence-corrected chi connectivity index (χ4v) is 5.94. The molecule has 1 aromatic rings. The van der Waals surface area contributed by atoms with Gasteiger partial charge in [-0.2, -0.15) is 0 Å². The van der Waals surface area contributed by atoms with Gasteiger partial charge in [-0.15, -0.1) is 0 Å². The van der Waals surface area contributed by atoms with Gasteiger partial charge in [0.1, 0.15) is 36.6 Å². The topological polar surface area (TPSA) is 264 Å². The standard InChI is InChI=1S/C26H37NO9.C19H31NO9/c1-16(2)22(28)35-21-17(3)34-24(30)20(27-25(31)36-26(4,5)6)15-33-23(29)19(21)12-13-32-14-18-10-8-7-9-11-18;1-10(2)15(22)28-14-11(3)27-17(24)13(20-18(25)29-19(4,5)6)9-26-16(23)12(14)7-8-21/h7-11,16-17,19-21H,12-15H2,1-6H3,(H,27,31);10-14,21H,7-9H2,1-6H3,(H,20,25)/t17-,19+,20-,21-;11-,12+,13-,14-/m00/s1. The molecule has 3 N–H and O–H groups in total. The van der Waals surface area contributed by atoms with E-state index in [1.807, 2.05) is 30.3 Å². The number of amides is 2. The molecule has 0 aromatic heterocycles. The third-order valence-electron chi connectivity index (χ3n) is 9.24. The normalized spacial score (nSPS) is 24.2. The van der Waals surface area contributed by atoms with E-state index in [0.717, 1.165) is 5.56 Å². The Morgan fingerprint density at radius 3 is 1.43 bits per heavy atom. The molecule has 0 bridgehead atoms. The average molecular weight is 925 g/mol. The van der Waals surface area contributed by atoms with E-state index in [9.17, 15) is 43.5 Å². The summed E-state index contributed by atoms with van der Waals surface area (Å²) in [4.78, 5) is 99.6. The van der Waals surface area contributed by atoms with Gasteiger partial charge in [0.2, 0.25) is 0 Å². The molecule has 366 valence electrons. The monoisotopic (exact) mass is 924 g/mol. The molecule has 2 fully saturated rings. The minimum Gasteiger partial charge on any atom is -0.463 e. The fraction of sp³-hybridized carbons (Fsp3) is 0.689. The molecule has 0 radical (unpaired) electrons. The summed E-state index contributed by atoms with van der Waals surface area (Å²) < 4.78 is 48.3. The highest BCUT2D eigenvalue weighted by atomic mass is 16.6. The van der Waals surface area contributed by atoms with E-state index < -0.39 is 133 Å². The predicted molar refractivity (Wildman–Crippen MR) is 228 cm³/mol. The first-order valence-electron chi connectivity index (χ1n) is 21.6. The number of hydrogen-bond donors (Lipinski definition) is 3. The summed E-state index contributed by atoms with van der Waals surface area (Å²) in [5, 5.41) is 14.0. The molecule has 3 rings (SSSR count). The lowest BCUT2D eigenvalue weighted by Crippen LogP contribution is -2.48. The summed E-state index contributed by atoms with van der Waals surface area (Å²) in [7, 11) is 0. The molecule has 20 heteroatoms. The van der Waals surface area contributed by atoms with Gasteiger partial charge in [0.05, 0.1) is 30.3 Å². The molecule has 2 aliphatic rings. The lowest BCUT2D eigenvalue weighted by molar-refractivity contribution is -0.177. The van der Waals surface area contributed by atoms with Gasteiger partial charge < -0.3 is 58.4 Å². The third kappa shape index (κ3) is 20.1. The predicted octanol–water partition coefficient (Wildman–Crippen LogP) is 4.09. The first-order chi connectivity index (χ1) is 30.2. The van der Waals surface area contributed by atoms with Crippen LogP contribution in [-0.4, -0.2) is 127 Å². The molecule has 8 atom stereocenters. The van der Waals surface area contributed by atoms with Crippen LogP contribution < -0.4 is 10.6 Å². The molecule has 20 nitrogen and oxygen atoms in total. The van der Waals surface area contributed by atoms with E-state index in [1.165, 1.54) is 13.8 Å². The van der Waals surface area contributed by atoms with E-state index in [1.54, 1.807) is 69.2 Å². The highest BCUT2D eigenvalue weighted by molar-refractivity contribution is 5.84. The highest BCUT2D eigenvalue weighted by Gasteiger charge is 2.44. The SMILES string of the molecule is CC(C)C(=O)O[C@H]1[C@H](C)OC(=O)[C@@H](NC(=O)OC(C)(C)C)COC(=O)[C@@H]1CCO.CC(C)C(=O)O[C@H]1[C@H](C)OC(=O)[C@@H](NC(=O)OC(C)(C)C)COC(=O)[C@@H]1CCOCc1ccccc1. The quantitative estimate of drug-likeness (QED) is 0.143. The zero-order valence-electron chi connectivity index (χ0n) is 39.5. The molecule has 0 saturated carbocycles. The number of cyclic esters (lactones) is 4. The largest absolute Gasteiger partial charge is 0.463 e. The number of hydrogen-bond acceptors (Lipinski definition) is 18. The van der Waals surface area contributed by atoms with Crippen molar-refractivity contribution in [1.29, 1.82) is 0 Å². The minimum absolute atomic E-state index is 0.0546. The van der Waals surface area contributed by atoms with Gasteiger partial charge in [0.25, 0.3) is 0 Å². The number of nitrogens with one attached hydrogen (secondary N) is 2. The van der Waals surface area contributed by atoms with Gasteiger partial charge in [0, 0.05) is 13.2 Å². The molecule has 2 aliphatic heterocycles. The summed E-state index contributed by atoms with van der Waals surface area (Å²) in [6.45, 7) is 18.7. The van der Waals surface area contributed by atoms with Crippen molar-refractivity contribution in [3.63, 3.8) is 0 Å². The molecule has 2 heterocycles. The van der Waals surface area contributed by atoms with E-state index in [2.05, 4.69) is 10.6 Å². The van der Waals surface area contributed by atoms with Crippen molar-refractivity contribution >= 4 is 48.0 Å². The Balaban J connectivity index is 0.000000458. The molecular formula is C45H68N2O18. The minimum atomic E-state index is -1.30. The number of esters is 6. The molecule has 0 aliphatic carbocycles. The van der Waals surface area contributed by atoms with Gasteiger partial charge in [-0.05, 0) is 73.8 Å². The summed E-state index contributed by atoms with van der Waals surface area (Å²) >= 11 is 0. The second-order valence-electron chi connectivity index (χ2n) is 18.1. The number of benzene rings is 1. The summed E-state index contributed by atoms with van der Waals surface area (Å²) in [5.41, 5.74) is -0.619. The smallest absolute Gasteiger partial charge is 0.408 e. The van der Waals surface area contributed by atoms with E-state index >= 15 is 0 Å². The number of aliphatic hydroxyl groups excluding tert-OH is 1. The van der Waals surface area contributed by atoms with Crippen LogP contribution >= 0.6 is 0 Å². The van der Waals surface area contributed by atoms with Crippen molar-refractivity contribution in [2.45, 2.75) is 150 Å². The Morgan fingerprint density at radius 2 is 1.06 bits per heavy atom. The van der Waals surface area contributed by atoms with E-state index in [0.29, 0.717) is 6.61 Å². The van der Waals surface area contributed by atoms with Crippen LogP contribution in [0.4, 0.5) is 9.59 Å². The Bertz CT molecular complexity index is 1750. The van der Waals surface area contributed by atoms with Crippen molar-refractivity contribution in [2.24, 2.45) is 23.7 Å². The molecule has 0 unspecified atom stereocenters. The Morgan fingerprint density at radius 1 is 0.662 bits per heavy atom. The van der Waals surface area contributed by atoms with Gasteiger partial charge >= 0.3 is 48.0 Å². The average Bonchev–Trinajstić information content (AvgIpc) is 3.25. The van der Waals surface area contributed by atoms with Crippen LogP contribution in [-0.2, 0) is 78.0 Å². The van der Waals surface area contributed by atoms with Crippen molar-refractivity contribution in [3.05, 3.63) is 35.9 Å². The third-order valence-corrected chi connectivity index (χ3v) is 9.24. The highest BCUT2D eigenvalue weighted by Crippen LogP contribution is 2.26. The summed E-state index contributed by atoms with van der Waals surface area (Å²) in [6.07, 6.45) is -5.89. The van der Waals surface area contributed by atoms with Gasteiger partial charge in [-0.3, -0.25) is 19.2 Å². The number of carbonyl (C=O) groups excluding carboxylic acids is 8. The number of carbonyl (C=O) groups is 8. The van der Waals surface area contributed by atoms with Gasteiger partial charge in [0.15, 0.2) is 24.3 Å². The van der Waals surface area contributed by atoms with Crippen molar-refractivity contribution < 1.29 is 86.1 Å². The Kier molecular flexibility index (Phi) is 22.1. The second kappa shape index (κ2) is 25.8. The van der Waals surface area contributed by atoms with Crippen molar-refractivity contribution in [2.75, 3.05) is 26.4 Å². The number of aliphatic hydroxyl groups is 1. The van der Waals surface area contributed by atoms with Gasteiger partial charge in [-0.1, -0.05) is 58.0 Å². The van der Waals surface area contributed by atoms with Crippen LogP contribution in [0.1, 0.15) is 101 Å². The van der Waals surface area contributed by atoms with E-state index in [4.69, 9.17) is 42.6 Å². The molecule has 65 heavy (non-hydrogen) atoms. The Labute approximate surface area is 380 Å². The molecular weight excluding hydrogens is 856 g/mol. The van der Waals surface area contributed by atoms with Crippen molar-refractivity contribution in [1.82, 2.24) is 10.6 Å². The summed E-state index contributed by atoms with van der Waals surface area (Å²) in [6, 6.07) is 6.94. The van der Waals surface area contributed by atoms with Crippen LogP contribution in [0.15, 0.2) is 30.3 Å². The van der Waals surface area contributed by atoms with E-state index in [-0.39, 0.29) is 26.1 Å². The van der Waals surface area contributed by atoms with Crippen LogP contribution in [0.2, 0.25) is 0 Å². The van der Waals surface area contributed by atoms with Crippen LogP contribution in [0.25, 0.3) is 0 Å². The molecule has 0 spiro atoms.